The molecule has 0 aromatic rings. The number of hydrogen-bond donors (Lipinski definition) is 7. The van der Waals surface area contributed by atoms with E-state index in [0.717, 1.165) is 0 Å². The molecule has 0 aliphatic carbocycles. The molecule has 0 saturated carbocycles. The Kier molecular flexibility index (Phi) is 11.9. The molecule has 0 aromatic heterocycles. The van der Waals surface area contributed by atoms with Crippen LogP contribution in [0, 0.1) is 5.92 Å². The van der Waals surface area contributed by atoms with Crippen molar-refractivity contribution in [2.75, 3.05) is 5.75 Å². The maximum absolute atomic E-state index is 12.3. The first-order chi connectivity index (χ1) is 13.4. The van der Waals surface area contributed by atoms with Crippen LogP contribution in [0.4, 0.5) is 0 Å². The van der Waals surface area contributed by atoms with Crippen LogP contribution in [0.25, 0.3) is 0 Å². The summed E-state index contributed by atoms with van der Waals surface area (Å²) < 4.78 is 0. The van der Waals surface area contributed by atoms with Crippen molar-refractivity contribution in [3.05, 3.63) is 0 Å². The monoisotopic (exact) mass is 434 g/mol. The molecule has 5 unspecified atom stereocenters. The third-order valence-electron chi connectivity index (χ3n) is 4.35. The van der Waals surface area contributed by atoms with Gasteiger partial charge in [-0.15, -0.1) is 0 Å². The second-order valence-electron chi connectivity index (χ2n) is 6.72. The Balaban J connectivity index is 4.83. The van der Waals surface area contributed by atoms with Gasteiger partial charge in [0.15, 0.2) is 0 Å². The van der Waals surface area contributed by atoms with Crippen LogP contribution >= 0.6 is 12.6 Å². The van der Waals surface area contributed by atoms with Crippen LogP contribution in [-0.2, 0) is 24.0 Å². The highest BCUT2D eigenvalue weighted by Gasteiger charge is 2.29. The van der Waals surface area contributed by atoms with Crippen molar-refractivity contribution in [3.63, 3.8) is 0 Å². The number of carbonyl (C=O) groups is 5. The zero-order valence-electron chi connectivity index (χ0n) is 16.7. The third-order valence-corrected chi connectivity index (χ3v) is 4.72. The van der Waals surface area contributed by atoms with E-state index >= 15 is 0 Å². The highest BCUT2D eigenvalue weighted by Crippen LogP contribution is 2.08. The number of aliphatic carboxylic acids is 2. The topological polar surface area (TPSA) is 188 Å². The summed E-state index contributed by atoms with van der Waals surface area (Å²) in [6, 6.07) is -4.39. The first kappa shape index (κ1) is 26.7. The number of nitrogens with two attached hydrogens (primary N) is 1. The summed E-state index contributed by atoms with van der Waals surface area (Å²) in [4.78, 5) is 58.4. The number of hydrogen-bond acceptors (Lipinski definition) is 7. The minimum absolute atomic E-state index is 0.0951. The standard InChI is InChI=1S/C17H30N4O7S/c1-4-8(2)13(17(27)28)21-14(24)9(3)19-16(26)11(7-29)20-15(25)10(18)5-6-12(22)23/h8-11,13,29H,4-7,18H2,1-3H3,(H,19,26)(H,20,25)(H,21,24)(H,22,23)(H,27,28). The number of amides is 3. The molecule has 29 heavy (non-hydrogen) atoms. The molecule has 3 amide bonds. The van der Waals surface area contributed by atoms with Gasteiger partial charge in [-0.05, 0) is 19.3 Å². The fraction of sp³-hybridized carbons (Fsp3) is 0.706. The maximum Gasteiger partial charge on any atom is 0.326 e. The number of carboxylic acid groups (broad SMARTS) is 2. The number of carbonyl (C=O) groups excluding carboxylic acids is 3. The molecule has 0 aliphatic rings. The molecule has 0 fully saturated rings. The van der Waals surface area contributed by atoms with Gasteiger partial charge in [0.25, 0.3) is 0 Å². The van der Waals surface area contributed by atoms with Crippen LogP contribution in [0.1, 0.15) is 40.0 Å². The Bertz CT molecular complexity index is 617. The van der Waals surface area contributed by atoms with Crippen LogP contribution in [-0.4, -0.2) is 69.8 Å². The van der Waals surface area contributed by atoms with Gasteiger partial charge in [-0.1, -0.05) is 20.3 Å². The van der Waals surface area contributed by atoms with Crippen molar-refractivity contribution in [2.24, 2.45) is 11.7 Å². The molecule has 0 aromatic carbocycles. The smallest absolute Gasteiger partial charge is 0.326 e. The number of carboxylic acids is 2. The molecule has 0 saturated heterocycles. The zero-order chi connectivity index (χ0) is 22.7. The van der Waals surface area contributed by atoms with Gasteiger partial charge in [-0.2, -0.15) is 12.6 Å². The average Bonchev–Trinajstić information content (AvgIpc) is 2.66. The van der Waals surface area contributed by atoms with Crippen LogP contribution in [0.3, 0.4) is 0 Å². The molecular weight excluding hydrogens is 404 g/mol. The molecule has 0 heterocycles. The molecule has 0 spiro atoms. The van der Waals surface area contributed by atoms with Gasteiger partial charge >= 0.3 is 11.9 Å². The Hall–Kier alpha value is -2.34. The van der Waals surface area contributed by atoms with Crippen molar-refractivity contribution in [1.29, 1.82) is 0 Å². The van der Waals surface area contributed by atoms with Gasteiger partial charge in [0, 0.05) is 12.2 Å². The average molecular weight is 435 g/mol. The summed E-state index contributed by atoms with van der Waals surface area (Å²) in [7, 11) is 0. The van der Waals surface area contributed by atoms with Gasteiger partial charge in [-0.3, -0.25) is 19.2 Å². The molecule has 0 bridgehead atoms. The summed E-state index contributed by atoms with van der Waals surface area (Å²) in [6.45, 7) is 4.85. The minimum atomic E-state index is -1.18. The lowest BCUT2D eigenvalue weighted by Gasteiger charge is -2.24. The summed E-state index contributed by atoms with van der Waals surface area (Å²) in [5, 5.41) is 25.0. The Morgan fingerprint density at radius 2 is 1.55 bits per heavy atom. The van der Waals surface area contributed by atoms with Crippen LogP contribution in [0.5, 0.6) is 0 Å². The van der Waals surface area contributed by atoms with E-state index in [1.807, 2.05) is 0 Å². The van der Waals surface area contributed by atoms with E-state index in [1.165, 1.54) is 6.92 Å². The number of nitrogens with one attached hydrogen (secondary N) is 3. The third kappa shape index (κ3) is 9.61. The molecule has 166 valence electrons. The fourth-order valence-corrected chi connectivity index (χ4v) is 2.48. The summed E-state index contributed by atoms with van der Waals surface area (Å²) >= 11 is 3.99. The van der Waals surface area contributed by atoms with Gasteiger partial charge in [0.1, 0.15) is 18.1 Å². The molecule has 0 rings (SSSR count). The number of rotatable bonds is 13. The normalized spacial score (nSPS) is 15.9. The Morgan fingerprint density at radius 1 is 0.966 bits per heavy atom. The second-order valence-corrected chi connectivity index (χ2v) is 7.09. The zero-order valence-corrected chi connectivity index (χ0v) is 17.6. The predicted molar refractivity (Wildman–Crippen MR) is 107 cm³/mol. The fourth-order valence-electron chi connectivity index (χ4n) is 2.22. The summed E-state index contributed by atoms with van der Waals surface area (Å²) in [5.41, 5.74) is 5.59. The summed E-state index contributed by atoms with van der Waals surface area (Å²) in [5.74, 6) is -4.81. The molecule has 7 N–H and O–H groups in total. The number of thiol groups is 1. The first-order valence-electron chi connectivity index (χ1n) is 9.16. The van der Waals surface area contributed by atoms with E-state index in [2.05, 4.69) is 28.6 Å². The maximum atomic E-state index is 12.3. The van der Waals surface area contributed by atoms with Crippen molar-refractivity contribution in [2.45, 2.75) is 64.2 Å². The van der Waals surface area contributed by atoms with Gasteiger partial charge in [0.05, 0.1) is 6.04 Å². The van der Waals surface area contributed by atoms with E-state index in [4.69, 9.17) is 10.8 Å². The first-order valence-corrected chi connectivity index (χ1v) is 9.79. The van der Waals surface area contributed by atoms with E-state index in [9.17, 15) is 29.1 Å². The van der Waals surface area contributed by atoms with E-state index in [1.54, 1.807) is 13.8 Å². The summed E-state index contributed by atoms with van der Waals surface area (Å²) in [6.07, 6.45) is 0.130. The van der Waals surface area contributed by atoms with Crippen molar-refractivity contribution in [1.82, 2.24) is 16.0 Å². The Labute approximate surface area is 174 Å². The molecule has 0 radical (unpaired) electrons. The van der Waals surface area contributed by atoms with Gasteiger partial charge < -0.3 is 31.9 Å². The lowest BCUT2D eigenvalue weighted by atomic mass is 9.99. The molecule has 11 nitrogen and oxygen atoms in total. The van der Waals surface area contributed by atoms with E-state index < -0.39 is 53.8 Å². The molecule has 12 heteroatoms. The lowest BCUT2D eigenvalue weighted by Crippen LogP contribution is -2.57. The van der Waals surface area contributed by atoms with Crippen molar-refractivity contribution >= 4 is 42.3 Å². The lowest BCUT2D eigenvalue weighted by molar-refractivity contribution is -0.143. The Morgan fingerprint density at radius 3 is 2.00 bits per heavy atom. The van der Waals surface area contributed by atoms with Crippen molar-refractivity contribution in [3.8, 4) is 0 Å². The van der Waals surface area contributed by atoms with E-state index in [0.29, 0.717) is 6.42 Å². The minimum Gasteiger partial charge on any atom is -0.481 e. The largest absolute Gasteiger partial charge is 0.481 e. The van der Waals surface area contributed by atoms with E-state index in [-0.39, 0.29) is 24.5 Å². The molecule has 0 aliphatic heterocycles. The van der Waals surface area contributed by atoms with Crippen molar-refractivity contribution < 1.29 is 34.2 Å². The van der Waals surface area contributed by atoms with Crippen LogP contribution < -0.4 is 21.7 Å². The second kappa shape index (κ2) is 13.0. The van der Waals surface area contributed by atoms with Crippen LogP contribution in [0.2, 0.25) is 0 Å². The SMILES string of the molecule is CCC(C)C(NC(=O)C(C)NC(=O)C(CS)NC(=O)C(N)CCC(=O)O)C(=O)O. The highest BCUT2D eigenvalue weighted by molar-refractivity contribution is 7.80. The quantitative estimate of drug-likeness (QED) is 0.174. The highest BCUT2D eigenvalue weighted by atomic mass is 32.1. The van der Waals surface area contributed by atoms with Gasteiger partial charge in [0.2, 0.25) is 17.7 Å². The van der Waals surface area contributed by atoms with Gasteiger partial charge in [-0.25, -0.2) is 4.79 Å². The molecular formula is C17H30N4O7S. The predicted octanol–water partition coefficient (Wildman–Crippen LogP) is -1.29. The van der Waals surface area contributed by atoms with Crippen LogP contribution in [0.15, 0.2) is 0 Å². The molecule has 5 atom stereocenters.